The molecule has 2 unspecified atom stereocenters. The molecule has 3 aromatic rings. The lowest BCUT2D eigenvalue weighted by molar-refractivity contribution is -0.133. The highest BCUT2D eigenvalue weighted by Gasteiger charge is 2.36. The summed E-state index contributed by atoms with van der Waals surface area (Å²) in [5.41, 5.74) is 9.09. The van der Waals surface area contributed by atoms with Gasteiger partial charge in [-0.2, -0.15) is 0 Å². The first-order valence-corrected chi connectivity index (χ1v) is 17.6. The van der Waals surface area contributed by atoms with E-state index in [1.54, 1.807) is 22.5 Å². The molecule has 1 amide bonds. The number of nitrogens with two attached hydrogens (primary N) is 1. The fraction of sp³-hybridized carbons (Fsp3) is 0.541. The quantitative estimate of drug-likeness (QED) is 0.216. The van der Waals surface area contributed by atoms with Gasteiger partial charge in [0.05, 0.1) is 34.6 Å². The predicted octanol–water partition coefficient (Wildman–Crippen LogP) is 4.28. The van der Waals surface area contributed by atoms with E-state index in [-0.39, 0.29) is 36.9 Å². The van der Waals surface area contributed by atoms with Crippen molar-refractivity contribution < 1.29 is 28.6 Å². The summed E-state index contributed by atoms with van der Waals surface area (Å²) in [5, 5.41) is 0.861. The lowest BCUT2D eigenvalue weighted by Gasteiger charge is -2.39. The summed E-state index contributed by atoms with van der Waals surface area (Å²) in [5.74, 6) is 0.455. The number of benzene rings is 1. The molecule has 49 heavy (non-hydrogen) atoms. The molecule has 1 aromatic carbocycles. The molecule has 5 heterocycles. The lowest BCUT2D eigenvalue weighted by Crippen LogP contribution is -2.48. The van der Waals surface area contributed by atoms with Crippen LogP contribution in [0.5, 0.6) is 5.75 Å². The molecule has 0 saturated carbocycles. The Morgan fingerprint density at radius 3 is 2.49 bits per heavy atom. The van der Waals surface area contributed by atoms with Crippen LogP contribution in [-0.4, -0.2) is 83.1 Å². The Labute approximate surface area is 286 Å². The van der Waals surface area contributed by atoms with Crippen molar-refractivity contribution in [3.63, 3.8) is 0 Å². The van der Waals surface area contributed by atoms with E-state index in [0.29, 0.717) is 72.9 Å². The summed E-state index contributed by atoms with van der Waals surface area (Å²) in [6, 6.07) is 7.88. The van der Waals surface area contributed by atoms with Crippen molar-refractivity contribution in [1.29, 1.82) is 0 Å². The summed E-state index contributed by atoms with van der Waals surface area (Å²) in [7, 11) is 0. The third-order valence-electron chi connectivity index (χ3n) is 10.7. The zero-order chi connectivity index (χ0) is 34.7. The molecule has 12 nitrogen and oxygen atoms in total. The van der Waals surface area contributed by atoms with Crippen LogP contribution >= 0.6 is 0 Å². The maximum atomic E-state index is 14.1. The van der Waals surface area contributed by atoms with Gasteiger partial charge in [-0.3, -0.25) is 9.59 Å². The number of aldehydes is 1. The van der Waals surface area contributed by atoms with Crippen molar-refractivity contribution >= 4 is 29.8 Å². The van der Waals surface area contributed by atoms with Crippen molar-refractivity contribution in [2.24, 2.45) is 5.73 Å². The number of amides is 1. The van der Waals surface area contributed by atoms with Crippen LogP contribution in [0.3, 0.4) is 0 Å². The van der Waals surface area contributed by atoms with Crippen LogP contribution in [0, 0.1) is 0 Å². The van der Waals surface area contributed by atoms with Crippen LogP contribution < -0.4 is 16.0 Å². The molecule has 0 aliphatic carbocycles. The van der Waals surface area contributed by atoms with Gasteiger partial charge in [0.15, 0.2) is 0 Å². The first-order chi connectivity index (χ1) is 23.7. The average molecular weight is 674 g/mol. The molecule has 0 bridgehead atoms. The van der Waals surface area contributed by atoms with Gasteiger partial charge in [-0.05, 0) is 93.9 Å². The smallest absolute Gasteiger partial charge is 0.415 e. The number of hydrogen-bond donors (Lipinski definition) is 1. The third kappa shape index (κ3) is 6.73. The van der Waals surface area contributed by atoms with Crippen molar-refractivity contribution in [3.05, 3.63) is 56.9 Å². The fourth-order valence-corrected chi connectivity index (χ4v) is 7.79. The number of ether oxygens (including phenoxy) is 3. The number of likely N-dealkylation sites (tertiary alicyclic amines) is 2. The molecule has 2 saturated heterocycles. The van der Waals surface area contributed by atoms with Gasteiger partial charge in [0, 0.05) is 36.6 Å². The SMILES string of the molecule is CCc1c2c(nc3ccc(OC(=O)N4CCC(N5CCCCC5)CC4)cc13)-c1cc(C(C)(CC)OC(C=O)CN)c(COC=O)c(=O)n1C2. The van der Waals surface area contributed by atoms with Crippen LogP contribution in [0.15, 0.2) is 29.1 Å². The molecule has 3 aliphatic rings. The number of aryl methyl sites for hydroxylation is 1. The van der Waals surface area contributed by atoms with E-state index < -0.39 is 11.7 Å². The van der Waals surface area contributed by atoms with Gasteiger partial charge in [-0.1, -0.05) is 20.3 Å². The second kappa shape index (κ2) is 14.8. The summed E-state index contributed by atoms with van der Waals surface area (Å²) in [6.07, 6.45) is 6.26. The van der Waals surface area contributed by atoms with E-state index >= 15 is 0 Å². The lowest BCUT2D eigenvalue weighted by atomic mass is 9.88. The Hall–Kier alpha value is -4.13. The normalized spacial score (nSPS) is 18.4. The topological polar surface area (TPSA) is 146 Å². The van der Waals surface area contributed by atoms with Gasteiger partial charge in [0.2, 0.25) is 0 Å². The molecule has 2 atom stereocenters. The first-order valence-electron chi connectivity index (χ1n) is 17.6. The van der Waals surface area contributed by atoms with Crippen LogP contribution in [0.25, 0.3) is 22.3 Å². The Kier molecular flexibility index (Phi) is 10.5. The van der Waals surface area contributed by atoms with Crippen LogP contribution in [0.4, 0.5) is 4.79 Å². The number of pyridine rings is 2. The highest BCUT2D eigenvalue weighted by atomic mass is 16.6. The highest BCUT2D eigenvalue weighted by Crippen LogP contribution is 2.40. The molecule has 6 rings (SSSR count). The molecule has 3 aliphatic heterocycles. The van der Waals surface area contributed by atoms with Crippen molar-refractivity contribution in [1.82, 2.24) is 19.4 Å². The van der Waals surface area contributed by atoms with Gasteiger partial charge in [0.1, 0.15) is 24.7 Å². The third-order valence-corrected chi connectivity index (χ3v) is 10.7. The number of fused-ring (bicyclic) bond motifs is 4. The molecule has 2 aromatic heterocycles. The number of carbonyl (C=O) groups is 3. The van der Waals surface area contributed by atoms with Crippen LogP contribution in [0.2, 0.25) is 0 Å². The maximum Gasteiger partial charge on any atom is 0.415 e. The van der Waals surface area contributed by atoms with E-state index in [9.17, 15) is 19.2 Å². The first kappa shape index (κ1) is 34.7. The van der Waals surface area contributed by atoms with Gasteiger partial charge in [-0.25, -0.2) is 9.78 Å². The zero-order valence-corrected chi connectivity index (χ0v) is 28.7. The summed E-state index contributed by atoms with van der Waals surface area (Å²) >= 11 is 0. The summed E-state index contributed by atoms with van der Waals surface area (Å²) in [4.78, 5) is 59.6. The van der Waals surface area contributed by atoms with E-state index in [0.717, 1.165) is 42.4 Å². The number of nitrogens with zero attached hydrogens (tertiary/aromatic N) is 4. The highest BCUT2D eigenvalue weighted by molar-refractivity contribution is 5.89. The average Bonchev–Trinajstić information content (AvgIpc) is 3.51. The van der Waals surface area contributed by atoms with Gasteiger partial charge >= 0.3 is 6.09 Å². The number of hydrogen-bond acceptors (Lipinski definition) is 10. The van der Waals surface area contributed by atoms with Crippen molar-refractivity contribution in [2.45, 2.75) is 96.6 Å². The predicted molar refractivity (Wildman–Crippen MR) is 184 cm³/mol. The van der Waals surface area contributed by atoms with Crippen molar-refractivity contribution in [3.8, 4) is 17.1 Å². The van der Waals surface area contributed by atoms with Crippen molar-refractivity contribution in [2.75, 3.05) is 32.7 Å². The van der Waals surface area contributed by atoms with E-state index in [1.807, 2.05) is 25.1 Å². The molecule has 2 fully saturated rings. The van der Waals surface area contributed by atoms with Crippen LogP contribution in [-0.2, 0) is 44.2 Å². The Balaban J connectivity index is 1.31. The number of rotatable bonds is 12. The fourth-order valence-electron chi connectivity index (χ4n) is 7.79. The van der Waals surface area contributed by atoms with Gasteiger partial charge in [-0.15, -0.1) is 0 Å². The van der Waals surface area contributed by atoms with E-state index in [4.69, 9.17) is 24.9 Å². The van der Waals surface area contributed by atoms with E-state index in [2.05, 4.69) is 11.8 Å². The summed E-state index contributed by atoms with van der Waals surface area (Å²) < 4.78 is 18.8. The van der Waals surface area contributed by atoms with Gasteiger partial charge in [0.25, 0.3) is 12.0 Å². The maximum absolute atomic E-state index is 14.1. The number of piperidine rings is 2. The number of aromatic nitrogens is 2. The summed E-state index contributed by atoms with van der Waals surface area (Å²) in [6.45, 7) is 9.74. The zero-order valence-electron chi connectivity index (χ0n) is 28.7. The molecule has 2 N–H and O–H groups in total. The van der Waals surface area contributed by atoms with E-state index in [1.165, 1.54) is 19.3 Å². The molecule has 262 valence electrons. The Bertz CT molecular complexity index is 1780. The molecule has 0 radical (unpaired) electrons. The van der Waals surface area contributed by atoms with Crippen LogP contribution in [0.1, 0.15) is 81.5 Å². The second-order valence-electron chi connectivity index (χ2n) is 13.5. The standard InChI is InChI=1S/C37H47N5O7/c1-4-27-28-17-25(48-36(46)41-15-11-24(12-16-41)40-13-7-6-8-14-40)9-10-32(28)39-34-29(27)20-42-33(34)18-31(30(35(42)45)22-47-23-44)37(3,5-2)49-26(19-38)21-43/h9-10,17-18,21,23-24,26H,4-8,11-16,19-20,22,38H2,1-3H3. The minimum atomic E-state index is -1.07. The Morgan fingerprint density at radius 1 is 1.08 bits per heavy atom. The molecular formula is C37H47N5O7. The second-order valence-corrected chi connectivity index (χ2v) is 13.5. The Morgan fingerprint density at radius 2 is 1.84 bits per heavy atom. The van der Waals surface area contributed by atoms with Gasteiger partial charge < -0.3 is 39.1 Å². The number of carbonyl (C=O) groups excluding carboxylic acids is 3. The molecular weight excluding hydrogens is 626 g/mol. The largest absolute Gasteiger partial charge is 0.463 e. The monoisotopic (exact) mass is 673 g/mol. The minimum absolute atomic E-state index is 0.0199. The molecule has 0 spiro atoms. The molecule has 12 heteroatoms. The minimum Gasteiger partial charge on any atom is -0.463 e.